The van der Waals surface area contributed by atoms with Crippen LogP contribution in [0.15, 0.2) is 42.5 Å². The minimum absolute atomic E-state index is 0.00637. The van der Waals surface area contributed by atoms with E-state index in [1.807, 2.05) is 19.1 Å². The summed E-state index contributed by atoms with van der Waals surface area (Å²) in [6.45, 7) is 11.9. The Kier molecular flexibility index (Phi) is 6.33. The zero-order valence-corrected chi connectivity index (χ0v) is 17.1. The second-order valence-corrected chi connectivity index (χ2v) is 8.21. The molecule has 0 bridgehead atoms. The van der Waals surface area contributed by atoms with Crippen molar-refractivity contribution >= 4 is 5.91 Å². The molecule has 0 radical (unpaired) electrons. The van der Waals surface area contributed by atoms with Crippen molar-refractivity contribution in [1.29, 1.82) is 0 Å². The molecule has 2 aromatic carbocycles. The normalized spacial score (nSPS) is 16.9. The number of hydrogen-bond acceptors (Lipinski definition) is 2. The molecule has 2 aromatic rings. The lowest BCUT2D eigenvalue weighted by Crippen LogP contribution is -2.32. The highest BCUT2D eigenvalue weighted by Gasteiger charge is 2.16. The number of piperidine rings is 1. The highest BCUT2D eigenvalue weighted by atomic mass is 16.1. The van der Waals surface area contributed by atoms with Crippen molar-refractivity contribution in [3.63, 3.8) is 0 Å². The van der Waals surface area contributed by atoms with Crippen LogP contribution >= 0.6 is 0 Å². The summed E-state index contributed by atoms with van der Waals surface area (Å²) < 4.78 is 0. The van der Waals surface area contributed by atoms with E-state index >= 15 is 0 Å². The Morgan fingerprint density at radius 1 is 1.11 bits per heavy atom. The van der Waals surface area contributed by atoms with Crippen molar-refractivity contribution < 1.29 is 4.79 Å². The van der Waals surface area contributed by atoms with Gasteiger partial charge in [-0.2, -0.15) is 0 Å². The molecule has 3 nitrogen and oxygen atoms in total. The maximum absolute atomic E-state index is 12.6. The van der Waals surface area contributed by atoms with Gasteiger partial charge in [0.1, 0.15) is 0 Å². The second-order valence-electron chi connectivity index (χ2n) is 8.21. The number of aryl methyl sites for hydroxylation is 2. The smallest absolute Gasteiger partial charge is 0.251 e. The molecule has 144 valence electrons. The topological polar surface area (TPSA) is 32.3 Å². The number of benzene rings is 2. The third kappa shape index (κ3) is 5.20. The van der Waals surface area contributed by atoms with Gasteiger partial charge in [0.2, 0.25) is 0 Å². The minimum atomic E-state index is -0.0131. The second kappa shape index (κ2) is 8.71. The predicted molar refractivity (Wildman–Crippen MR) is 112 cm³/mol. The summed E-state index contributed by atoms with van der Waals surface area (Å²) in [7, 11) is 0. The van der Waals surface area contributed by atoms with E-state index < -0.39 is 0 Å². The van der Waals surface area contributed by atoms with Gasteiger partial charge in [-0.3, -0.25) is 9.69 Å². The SMILES string of the molecule is Cc1ccc(C(C)NC(=O)c2ccc(CN3CCC(C)CC3)cc2)c(C)c1. The number of likely N-dealkylation sites (tertiary alicyclic amines) is 1. The van der Waals surface area contributed by atoms with Crippen LogP contribution in [0, 0.1) is 19.8 Å². The predicted octanol–water partition coefficient (Wildman–Crippen LogP) is 5.03. The highest BCUT2D eigenvalue weighted by Crippen LogP contribution is 2.20. The van der Waals surface area contributed by atoms with E-state index in [2.05, 4.69) is 61.3 Å². The molecular formula is C24H32N2O. The van der Waals surface area contributed by atoms with Crippen molar-refractivity contribution in [2.45, 2.75) is 53.1 Å². The Morgan fingerprint density at radius 3 is 2.41 bits per heavy atom. The van der Waals surface area contributed by atoms with Gasteiger partial charge in [0.05, 0.1) is 6.04 Å². The Balaban J connectivity index is 1.58. The fourth-order valence-electron chi connectivity index (χ4n) is 3.91. The number of nitrogens with one attached hydrogen (secondary N) is 1. The highest BCUT2D eigenvalue weighted by molar-refractivity contribution is 5.94. The summed E-state index contributed by atoms with van der Waals surface area (Å²) in [5, 5.41) is 3.13. The summed E-state index contributed by atoms with van der Waals surface area (Å²) in [4.78, 5) is 15.1. The molecular weight excluding hydrogens is 332 g/mol. The summed E-state index contributed by atoms with van der Waals surface area (Å²) in [6, 6.07) is 14.4. The molecule has 1 saturated heterocycles. The zero-order chi connectivity index (χ0) is 19.4. The van der Waals surface area contributed by atoms with Crippen molar-refractivity contribution in [3.05, 3.63) is 70.3 Å². The summed E-state index contributed by atoms with van der Waals surface area (Å²) >= 11 is 0. The molecule has 27 heavy (non-hydrogen) atoms. The molecule has 0 saturated carbocycles. The third-order valence-electron chi connectivity index (χ3n) is 5.74. The number of amides is 1. The van der Waals surface area contributed by atoms with E-state index in [1.54, 1.807) is 0 Å². The van der Waals surface area contributed by atoms with Crippen LogP contribution < -0.4 is 5.32 Å². The first-order chi connectivity index (χ1) is 12.9. The van der Waals surface area contributed by atoms with Gasteiger partial charge in [0.25, 0.3) is 5.91 Å². The molecule has 1 aliphatic heterocycles. The molecule has 1 N–H and O–H groups in total. The monoisotopic (exact) mass is 364 g/mol. The largest absolute Gasteiger partial charge is 0.346 e. The van der Waals surface area contributed by atoms with Crippen molar-refractivity contribution in [1.82, 2.24) is 10.2 Å². The van der Waals surface area contributed by atoms with Crippen LogP contribution in [0.1, 0.15) is 65.3 Å². The van der Waals surface area contributed by atoms with E-state index in [1.165, 1.54) is 48.2 Å². The van der Waals surface area contributed by atoms with Gasteiger partial charge in [-0.25, -0.2) is 0 Å². The lowest BCUT2D eigenvalue weighted by molar-refractivity contribution is 0.0940. The fraction of sp³-hybridized carbons (Fsp3) is 0.458. The lowest BCUT2D eigenvalue weighted by atomic mass is 9.98. The molecule has 0 aromatic heterocycles. The van der Waals surface area contributed by atoms with Gasteiger partial charge in [-0.1, -0.05) is 42.8 Å². The number of nitrogens with zero attached hydrogens (tertiary/aromatic N) is 1. The Morgan fingerprint density at radius 2 is 1.78 bits per heavy atom. The minimum Gasteiger partial charge on any atom is -0.346 e. The van der Waals surface area contributed by atoms with Crippen LogP contribution in [0.5, 0.6) is 0 Å². The molecule has 1 aliphatic rings. The summed E-state index contributed by atoms with van der Waals surface area (Å²) in [5.74, 6) is 0.840. The maximum atomic E-state index is 12.6. The molecule has 1 amide bonds. The summed E-state index contributed by atoms with van der Waals surface area (Å²) in [5.41, 5.74) is 5.64. The first-order valence-corrected chi connectivity index (χ1v) is 10.1. The average Bonchev–Trinajstić information content (AvgIpc) is 2.64. The summed E-state index contributed by atoms with van der Waals surface area (Å²) in [6.07, 6.45) is 2.58. The van der Waals surface area contributed by atoms with Crippen molar-refractivity contribution in [2.75, 3.05) is 13.1 Å². The van der Waals surface area contributed by atoms with E-state index in [9.17, 15) is 4.79 Å². The first-order valence-electron chi connectivity index (χ1n) is 10.1. The van der Waals surface area contributed by atoms with Crippen LogP contribution in [0.2, 0.25) is 0 Å². The van der Waals surface area contributed by atoms with E-state index in [0.717, 1.165) is 18.0 Å². The van der Waals surface area contributed by atoms with Crippen LogP contribution in [0.4, 0.5) is 0 Å². The standard InChI is InChI=1S/C24H32N2O/c1-17-11-13-26(14-12-17)16-21-6-8-22(9-7-21)24(27)25-20(4)23-10-5-18(2)15-19(23)3/h5-10,15,17,20H,11-14,16H2,1-4H3,(H,25,27). The zero-order valence-electron chi connectivity index (χ0n) is 17.1. The molecule has 1 atom stereocenters. The van der Waals surface area contributed by atoms with Gasteiger partial charge in [0, 0.05) is 12.1 Å². The van der Waals surface area contributed by atoms with Gasteiger partial charge in [0.15, 0.2) is 0 Å². The van der Waals surface area contributed by atoms with Crippen LogP contribution in [-0.2, 0) is 6.54 Å². The quantitative estimate of drug-likeness (QED) is 0.807. The Hall–Kier alpha value is -2.13. The fourth-order valence-corrected chi connectivity index (χ4v) is 3.91. The van der Waals surface area contributed by atoms with Crippen LogP contribution in [0.25, 0.3) is 0 Å². The third-order valence-corrected chi connectivity index (χ3v) is 5.74. The van der Waals surface area contributed by atoms with Crippen LogP contribution in [-0.4, -0.2) is 23.9 Å². The molecule has 3 rings (SSSR count). The van der Waals surface area contributed by atoms with Gasteiger partial charge < -0.3 is 5.32 Å². The molecule has 0 spiro atoms. The Labute approximate surface area is 163 Å². The average molecular weight is 365 g/mol. The van der Waals surface area contributed by atoms with Crippen molar-refractivity contribution in [2.24, 2.45) is 5.92 Å². The van der Waals surface area contributed by atoms with Gasteiger partial charge in [-0.15, -0.1) is 0 Å². The number of carbonyl (C=O) groups is 1. The maximum Gasteiger partial charge on any atom is 0.251 e. The van der Waals surface area contributed by atoms with Gasteiger partial charge >= 0.3 is 0 Å². The van der Waals surface area contributed by atoms with E-state index in [4.69, 9.17) is 0 Å². The molecule has 3 heteroatoms. The van der Waals surface area contributed by atoms with E-state index in [0.29, 0.717) is 0 Å². The Bertz CT molecular complexity index is 773. The van der Waals surface area contributed by atoms with Crippen molar-refractivity contribution in [3.8, 4) is 0 Å². The van der Waals surface area contributed by atoms with Crippen LogP contribution in [0.3, 0.4) is 0 Å². The molecule has 0 aliphatic carbocycles. The molecule has 1 heterocycles. The van der Waals surface area contributed by atoms with Gasteiger partial charge in [-0.05, 0) is 81.4 Å². The first kappa shape index (κ1) is 19.6. The lowest BCUT2D eigenvalue weighted by Gasteiger charge is -2.30. The molecule has 1 unspecified atom stereocenters. The molecule has 1 fully saturated rings. The van der Waals surface area contributed by atoms with E-state index in [-0.39, 0.29) is 11.9 Å². The number of hydrogen-bond donors (Lipinski definition) is 1. The number of carbonyl (C=O) groups excluding carboxylic acids is 1. The number of rotatable bonds is 5.